The first kappa shape index (κ1) is 14.5. The molecule has 0 aliphatic heterocycles. The van der Waals surface area contributed by atoms with Crippen molar-refractivity contribution in [2.45, 2.75) is 0 Å². The summed E-state index contributed by atoms with van der Waals surface area (Å²) in [6, 6.07) is 13.9. The molecule has 0 spiro atoms. The molecular weight excluding hydrogens is 292 g/mol. The Hall–Kier alpha value is -3.46. The van der Waals surface area contributed by atoms with Crippen molar-refractivity contribution >= 4 is 22.6 Å². The van der Waals surface area contributed by atoms with Crippen molar-refractivity contribution in [3.63, 3.8) is 0 Å². The molecule has 0 radical (unpaired) electrons. The molecule has 0 aliphatic rings. The van der Waals surface area contributed by atoms with E-state index in [0.717, 1.165) is 5.52 Å². The average Bonchev–Trinajstić information content (AvgIpc) is 2.60. The number of carbonyl (C=O) groups is 1. The highest BCUT2D eigenvalue weighted by Gasteiger charge is 2.05. The second kappa shape index (κ2) is 6.54. The summed E-state index contributed by atoms with van der Waals surface area (Å²) >= 11 is 0. The minimum absolute atomic E-state index is 0.119. The maximum Gasteiger partial charge on any atom is 0.262 e. The van der Waals surface area contributed by atoms with E-state index in [-0.39, 0.29) is 12.5 Å². The first-order valence-corrected chi connectivity index (χ1v) is 6.88. The smallest absolute Gasteiger partial charge is 0.262 e. The zero-order chi connectivity index (χ0) is 16.1. The summed E-state index contributed by atoms with van der Waals surface area (Å²) < 4.78 is 5.46. The Morgan fingerprint density at radius 3 is 2.57 bits per heavy atom. The largest absolute Gasteiger partial charge is 0.484 e. The molecule has 0 aliphatic carbocycles. The zero-order valence-electron chi connectivity index (χ0n) is 12.1. The van der Waals surface area contributed by atoms with Crippen LogP contribution in [0.15, 0.2) is 54.9 Å². The molecule has 1 N–H and O–H groups in total. The molecule has 23 heavy (non-hydrogen) atoms. The van der Waals surface area contributed by atoms with Crippen molar-refractivity contribution < 1.29 is 9.53 Å². The third-order valence-electron chi connectivity index (χ3n) is 3.11. The number of nitrogens with zero attached hydrogens (tertiary/aromatic N) is 3. The molecule has 0 saturated carbocycles. The van der Waals surface area contributed by atoms with E-state index in [4.69, 9.17) is 10.00 Å². The van der Waals surface area contributed by atoms with Crippen LogP contribution in [0.2, 0.25) is 0 Å². The van der Waals surface area contributed by atoms with Crippen molar-refractivity contribution in [3.8, 4) is 11.8 Å². The SMILES string of the molecule is N#Cc1ccc(NC(=O)COc2ccc3nccnc3c2)cc1. The summed E-state index contributed by atoms with van der Waals surface area (Å²) in [6.45, 7) is -0.119. The summed E-state index contributed by atoms with van der Waals surface area (Å²) in [5, 5.41) is 11.4. The van der Waals surface area contributed by atoms with Gasteiger partial charge in [-0.15, -0.1) is 0 Å². The number of benzene rings is 2. The number of amides is 1. The Morgan fingerprint density at radius 1 is 1.09 bits per heavy atom. The van der Waals surface area contributed by atoms with Gasteiger partial charge in [-0.3, -0.25) is 14.8 Å². The fourth-order valence-corrected chi connectivity index (χ4v) is 2.01. The van der Waals surface area contributed by atoms with E-state index in [2.05, 4.69) is 15.3 Å². The van der Waals surface area contributed by atoms with Crippen LogP contribution in [0.3, 0.4) is 0 Å². The fraction of sp³-hybridized carbons (Fsp3) is 0.0588. The quantitative estimate of drug-likeness (QED) is 0.800. The number of anilines is 1. The van der Waals surface area contributed by atoms with Crippen molar-refractivity contribution in [2.24, 2.45) is 0 Å². The minimum atomic E-state index is -0.283. The van der Waals surface area contributed by atoms with E-state index in [1.807, 2.05) is 6.07 Å². The second-order valence-electron chi connectivity index (χ2n) is 4.73. The topological polar surface area (TPSA) is 87.9 Å². The van der Waals surface area contributed by atoms with Crippen molar-refractivity contribution in [1.29, 1.82) is 5.26 Å². The number of carbonyl (C=O) groups excluding carboxylic acids is 1. The van der Waals surface area contributed by atoms with Crippen LogP contribution in [0.1, 0.15) is 5.56 Å². The number of fused-ring (bicyclic) bond motifs is 1. The Kier molecular flexibility index (Phi) is 4.11. The fourth-order valence-electron chi connectivity index (χ4n) is 2.01. The number of rotatable bonds is 4. The Balaban J connectivity index is 1.60. The third-order valence-corrected chi connectivity index (χ3v) is 3.11. The molecule has 3 rings (SSSR count). The zero-order valence-corrected chi connectivity index (χ0v) is 12.1. The van der Waals surface area contributed by atoms with Crippen LogP contribution in [0.25, 0.3) is 11.0 Å². The van der Waals surface area contributed by atoms with E-state index in [9.17, 15) is 4.79 Å². The van der Waals surface area contributed by atoms with Gasteiger partial charge in [0.2, 0.25) is 0 Å². The van der Waals surface area contributed by atoms with Gasteiger partial charge in [0.25, 0.3) is 5.91 Å². The van der Waals surface area contributed by atoms with Crippen LogP contribution in [0.4, 0.5) is 5.69 Å². The molecule has 1 aromatic heterocycles. The minimum Gasteiger partial charge on any atom is -0.484 e. The number of nitrogens with one attached hydrogen (secondary N) is 1. The summed E-state index contributed by atoms with van der Waals surface area (Å²) in [5.74, 6) is 0.266. The number of hydrogen-bond donors (Lipinski definition) is 1. The molecule has 6 nitrogen and oxygen atoms in total. The van der Waals surface area contributed by atoms with Gasteiger partial charge in [0.1, 0.15) is 5.75 Å². The number of ether oxygens (including phenoxy) is 1. The van der Waals surface area contributed by atoms with Gasteiger partial charge in [0.15, 0.2) is 6.61 Å². The van der Waals surface area contributed by atoms with Gasteiger partial charge in [-0.25, -0.2) is 0 Å². The lowest BCUT2D eigenvalue weighted by atomic mass is 10.2. The molecule has 0 fully saturated rings. The first-order chi connectivity index (χ1) is 11.2. The highest BCUT2D eigenvalue weighted by molar-refractivity contribution is 5.92. The van der Waals surface area contributed by atoms with E-state index >= 15 is 0 Å². The number of nitriles is 1. The molecule has 1 amide bonds. The predicted molar refractivity (Wildman–Crippen MR) is 84.8 cm³/mol. The molecule has 0 atom stereocenters. The Morgan fingerprint density at radius 2 is 1.83 bits per heavy atom. The van der Waals surface area contributed by atoms with Crippen molar-refractivity contribution in [2.75, 3.05) is 11.9 Å². The van der Waals surface area contributed by atoms with E-state index in [1.54, 1.807) is 54.9 Å². The highest BCUT2D eigenvalue weighted by atomic mass is 16.5. The van der Waals surface area contributed by atoms with Crippen LogP contribution in [0.5, 0.6) is 5.75 Å². The standard InChI is InChI=1S/C17H12N4O2/c18-10-12-1-3-13(4-2-12)21-17(22)11-23-14-5-6-15-16(9-14)20-8-7-19-15/h1-9H,11H2,(H,21,22). The van der Waals surface area contributed by atoms with Gasteiger partial charge in [-0.2, -0.15) is 5.26 Å². The summed E-state index contributed by atoms with van der Waals surface area (Å²) in [4.78, 5) is 20.2. The van der Waals surface area contributed by atoms with Crippen molar-refractivity contribution in [1.82, 2.24) is 9.97 Å². The van der Waals surface area contributed by atoms with Crippen LogP contribution >= 0.6 is 0 Å². The van der Waals surface area contributed by atoms with Gasteiger partial charge in [0, 0.05) is 24.1 Å². The Labute approximate surface area is 132 Å². The summed E-state index contributed by atoms with van der Waals surface area (Å²) in [5.41, 5.74) is 2.62. The van der Waals surface area contributed by atoms with E-state index in [0.29, 0.717) is 22.5 Å². The molecule has 1 heterocycles. The van der Waals surface area contributed by atoms with Crippen LogP contribution in [-0.2, 0) is 4.79 Å². The first-order valence-electron chi connectivity index (χ1n) is 6.88. The normalized spacial score (nSPS) is 10.0. The van der Waals surface area contributed by atoms with Crippen LogP contribution in [0, 0.1) is 11.3 Å². The monoisotopic (exact) mass is 304 g/mol. The molecule has 3 aromatic rings. The number of aromatic nitrogens is 2. The maximum absolute atomic E-state index is 11.9. The van der Waals surface area contributed by atoms with Gasteiger partial charge < -0.3 is 10.1 Å². The molecule has 0 unspecified atom stereocenters. The molecular formula is C17H12N4O2. The Bertz CT molecular complexity index is 885. The average molecular weight is 304 g/mol. The van der Waals surface area contributed by atoms with Gasteiger partial charge in [-0.1, -0.05) is 0 Å². The van der Waals surface area contributed by atoms with Gasteiger partial charge in [-0.05, 0) is 36.4 Å². The summed E-state index contributed by atoms with van der Waals surface area (Å²) in [6.07, 6.45) is 3.22. The molecule has 0 bridgehead atoms. The lowest BCUT2D eigenvalue weighted by molar-refractivity contribution is -0.118. The number of hydrogen-bond acceptors (Lipinski definition) is 5. The second-order valence-corrected chi connectivity index (χ2v) is 4.73. The van der Waals surface area contributed by atoms with Gasteiger partial charge in [0.05, 0.1) is 22.7 Å². The summed E-state index contributed by atoms with van der Waals surface area (Å²) in [7, 11) is 0. The maximum atomic E-state index is 11.9. The van der Waals surface area contributed by atoms with Crippen LogP contribution in [-0.4, -0.2) is 22.5 Å². The van der Waals surface area contributed by atoms with Crippen LogP contribution < -0.4 is 10.1 Å². The molecule has 0 saturated heterocycles. The van der Waals surface area contributed by atoms with E-state index in [1.165, 1.54) is 0 Å². The lowest BCUT2D eigenvalue weighted by Crippen LogP contribution is -2.20. The molecule has 2 aromatic carbocycles. The lowest BCUT2D eigenvalue weighted by Gasteiger charge is -2.08. The molecule has 112 valence electrons. The van der Waals surface area contributed by atoms with Crippen molar-refractivity contribution in [3.05, 3.63) is 60.4 Å². The van der Waals surface area contributed by atoms with Gasteiger partial charge >= 0.3 is 0 Å². The highest BCUT2D eigenvalue weighted by Crippen LogP contribution is 2.17. The predicted octanol–water partition coefficient (Wildman–Crippen LogP) is 2.52. The molecule has 6 heteroatoms. The third kappa shape index (κ3) is 3.60. The van der Waals surface area contributed by atoms with E-state index < -0.39 is 0 Å².